The number of amides is 2. The maximum Gasteiger partial charge on any atom is 0.404 e. The molecule has 1 fully saturated rings. The number of nitrogens with zero attached hydrogens (tertiary/aromatic N) is 3. The Kier molecular flexibility index (Phi) is 7.87. The van der Waals surface area contributed by atoms with Crippen LogP contribution in [-0.4, -0.2) is 59.5 Å². The molecule has 0 saturated carbocycles. The van der Waals surface area contributed by atoms with Crippen LogP contribution in [0, 0.1) is 5.82 Å². The Bertz CT molecular complexity index is 1380. The van der Waals surface area contributed by atoms with Crippen LogP contribution >= 0.6 is 0 Å². The normalized spacial score (nSPS) is 16.7. The molecular formula is C27H28FN5O5. The second kappa shape index (κ2) is 11.3. The lowest BCUT2D eigenvalue weighted by atomic mass is 10.1. The van der Waals surface area contributed by atoms with E-state index < -0.39 is 23.9 Å². The Morgan fingerprint density at radius 3 is 2.76 bits per heavy atom. The van der Waals surface area contributed by atoms with E-state index in [0.29, 0.717) is 17.8 Å². The van der Waals surface area contributed by atoms with Gasteiger partial charge in [-0.2, -0.15) is 0 Å². The van der Waals surface area contributed by atoms with Crippen LogP contribution in [0.5, 0.6) is 5.75 Å². The third-order valence-electron chi connectivity index (χ3n) is 6.22. The number of halogens is 1. The van der Waals surface area contributed by atoms with E-state index in [0.717, 1.165) is 11.1 Å². The molecule has 0 unspecified atom stereocenters. The number of carbonyl (C=O) groups is 2. The second-order valence-corrected chi connectivity index (χ2v) is 8.83. The summed E-state index contributed by atoms with van der Waals surface area (Å²) in [6.07, 6.45) is 0.303. The number of ether oxygens (including phenoxy) is 2. The van der Waals surface area contributed by atoms with Gasteiger partial charge < -0.3 is 30.5 Å². The summed E-state index contributed by atoms with van der Waals surface area (Å²) in [5.41, 5.74) is 7.89. The van der Waals surface area contributed by atoms with Crippen LogP contribution in [-0.2, 0) is 4.74 Å². The number of aromatic nitrogens is 2. The molecule has 4 rings (SSSR count). The minimum absolute atomic E-state index is 0.00298. The number of benzene rings is 2. The molecule has 2 amide bonds. The zero-order chi connectivity index (χ0) is 27.4. The first-order valence-electron chi connectivity index (χ1n) is 11.8. The molecule has 0 bridgehead atoms. The van der Waals surface area contributed by atoms with Gasteiger partial charge in [-0.05, 0) is 42.8 Å². The molecule has 1 aromatic heterocycles. The Morgan fingerprint density at radius 1 is 1.29 bits per heavy atom. The minimum atomic E-state index is -0.899. The van der Waals surface area contributed by atoms with Gasteiger partial charge in [-0.1, -0.05) is 24.3 Å². The quantitative estimate of drug-likeness (QED) is 0.408. The first-order chi connectivity index (χ1) is 18.2. The number of primary amides is 1. The molecule has 3 aromatic rings. The van der Waals surface area contributed by atoms with Gasteiger partial charge in [0.15, 0.2) is 5.82 Å². The topological polar surface area (TPSA) is 140 Å². The lowest BCUT2D eigenvalue weighted by Gasteiger charge is -2.28. The fraction of sp³-hybridized carbons (Fsp3) is 0.259. The largest absolute Gasteiger partial charge is 0.496 e. The number of nitrogens with one attached hydrogen (secondary N) is 1. The van der Waals surface area contributed by atoms with E-state index in [1.807, 2.05) is 17.9 Å². The summed E-state index contributed by atoms with van der Waals surface area (Å²) in [4.78, 5) is 34.8. The molecule has 0 spiro atoms. The van der Waals surface area contributed by atoms with E-state index in [1.165, 1.54) is 31.5 Å². The number of methoxy groups -OCH3 is 1. The van der Waals surface area contributed by atoms with Crippen molar-refractivity contribution in [3.05, 3.63) is 72.3 Å². The molecule has 2 heterocycles. The third kappa shape index (κ3) is 5.57. The zero-order valence-corrected chi connectivity index (χ0v) is 21.0. The van der Waals surface area contributed by atoms with E-state index in [4.69, 9.17) is 15.2 Å². The summed E-state index contributed by atoms with van der Waals surface area (Å²) in [6.45, 7) is 5.90. The molecule has 0 aliphatic carbocycles. The number of aliphatic hydroxyl groups is 1. The van der Waals surface area contributed by atoms with Gasteiger partial charge in [0.25, 0.3) is 5.91 Å². The number of carbonyl (C=O) groups excluding carboxylic acids is 2. The maximum atomic E-state index is 14.6. The number of anilines is 2. The minimum Gasteiger partial charge on any atom is -0.496 e. The van der Waals surface area contributed by atoms with Gasteiger partial charge in [0.2, 0.25) is 0 Å². The number of rotatable bonds is 8. The van der Waals surface area contributed by atoms with Gasteiger partial charge >= 0.3 is 6.09 Å². The summed E-state index contributed by atoms with van der Waals surface area (Å²) in [5, 5.41) is 12.9. The average Bonchev–Trinajstić information content (AvgIpc) is 3.30. The second-order valence-electron chi connectivity index (χ2n) is 8.83. The van der Waals surface area contributed by atoms with Crippen molar-refractivity contribution in [1.82, 2.24) is 9.97 Å². The highest BCUT2D eigenvalue weighted by atomic mass is 19.1. The van der Waals surface area contributed by atoms with Crippen molar-refractivity contribution < 1.29 is 28.6 Å². The molecule has 38 heavy (non-hydrogen) atoms. The Hall–Kier alpha value is -4.51. The third-order valence-corrected chi connectivity index (χ3v) is 6.22. The summed E-state index contributed by atoms with van der Waals surface area (Å²) < 4.78 is 25.0. The van der Waals surface area contributed by atoms with Gasteiger partial charge in [0, 0.05) is 12.6 Å². The highest BCUT2D eigenvalue weighted by molar-refractivity contribution is 6.05. The number of nitrogens with two attached hydrogens (primary N) is 1. The van der Waals surface area contributed by atoms with E-state index in [2.05, 4.69) is 21.9 Å². The van der Waals surface area contributed by atoms with Crippen molar-refractivity contribution in [2.24, 2.45) is 5.73 Å². The molecule has 0 radical (unpaired) electrons. The molecule has 4 N–H and O–H groups in total. The highest BCUT2D eigenvalue weighted by Crippen LogP contribution is 2.36. The van der Waals surface area contributed by atoms with E-state index in [9.17, 15) is 19.1 Å². The average molecular weight is 522 g/mol. The van der Waals surface area contributed by atoms with Crippen molar-refractivity contribution in [2.75, 3.05) is 30.5 Å². The van der Waals surface area contributed by atoms with Crippen molar-refractivity contribution in [1.29, 1.82) is 0 Å². The number of hydrogen-bond acceptors (Lipinski definition) is 8. The van der Waals surface area contributed by atoms with Gasteiger partial charge in [-0.15, -0.1) is 0 Å². The van der Waals surface area contributed by atoms with Gasteiger partial charge in [-0.25, -0.2) is 19.2 Å². The van der Waals surface area contributed by atoms with Crippen LogP contribution in [0.1, 0.15) is 29.4 Å². The fourth-order valence-corrected chi connectivity index (χ4v) is 4.42. The Balaban J connectivity index is 1.67. The molecule has 2 atom stereocenters. The number of hydrogen-bond donors (Lipinski definition) is 3. The molecule has 1 aliphatic rings. The van der Waals surface area contributed by atoms with Gasteiger partial charge in [0.1, 0.15) is 23.4 Å². The maximum absolute atomic E-state index is 14.6. The lowest BCUT2D eigenvalue weighted by molar-refractivity contribution is 0.102. The molecular weight excluding hydrogens is 493 g/mol. The van der Waals surface area contributed by atoms with E-state index >= 15 is 0 Å². The SMILES string of the molecule is C=C(C)c1ccc(NC(=O)c2ccnc(-c3c(F)cccc3OC)n2)c(N2C[C@@H](OC(N)=O)C[C@H]2CO)c1. The highest BCUT2D eigenvalue weighted by Gasteiger charge is 2.35. The van der Waals surface area contributed by atoms with Crippen molar-refractivity contribution in [2.45, 2.75) is 25.5 Å². The van der Waals surface area contributed by atoms with Gasteiger partial charge in [0.05, 0.1) is 43.2 Å². The molecule has 1 aliphatic heterocycles. The molecule has 198 valence electrons. The van der Waals surface area contributed by atoms with Crippen LogP contribution in [0.3, 0.4) is 0 Å². The number of aliphatic hydroxyl groups excluding tert-OH is 1. The first-order valence-corrected chi connectivity index (χ1v) is 11.8. The zero-order valence-electron chi connectivity index (χ0n) is 21.0. The molecule has 10 nitrogen and oxygen atoms in total. The van der Waals surface area contributed by atoms with Crippen LogP contribution in [0.15, 0.2) is 55.2 Å². The predicted molar refractivity (Wildman–Crippen MR) is 140 cm³/mol. The monoisotopic (exact) mass is 521 g/mol. The van der Waals surface area contributed by atoms with Crippen molar-refractivity contribution in [3.8, 4) is 17.1 Å². The molecule has 11 heteroatoms. The van der Waals surface area contributed by atoms with E-state index in [-0.39, 0.29) is 42.0 Å². The smallest absolute Gasteiger partial charge is 0.404 e. The summed E-state index contributed by atoms with van der Waals surface area (Å²) in [5.74, 6) is -0.914. The lowest BCUT2D eigenvalue weighted by Crippen LogP contribution is -2.33. The Morgan fingerprint density at radius 2 is 2.08 bits per heavy atom. The van der Waals surface area contributed by atoms with Crippen molar-refractivity contribution in [3.63, 3.8) is 0 Å². The molecule has 2 aromatic carbocycles. The Labute approximate surface area is 218 Å². The number of allylic oxidation sites excluding steroid dienone is 1. The van der Waals surface area contributed by atoms with Crippen LogP contribution in [0.25, 0.3) is 17.0 Å². The van der Waals surface area contributed by atoms with Crippen molar-refractivity contribution >= 4 is 28.9 Å². The van der Waals surface area contributed by atoms with E-state index in [1.54, 1.807) is 18.2 Å². The fourth-order valence-electron chi connectivity index (χ4n) is 4.42. The predicted octanol–water partition coefficient (Wildman–Crippen LogP) is 3.61. The van der Waals surface area contributed by atoms with Crippen LogP contribution in [0.2, 0.25) is 0 Å². The molecule has 1 saturated heterocycles. The summed E-state index contributed by atoms with van der Waals surface area (Å²) >= 11 is 0. The summed E-state index contributed by atoms with van der Waals surface area (Å²) in [7, 11) is 1.40. The summed E-state index contributed by atoms with van der Waals surface area (Å²) in [6, 6.07) is 10.7. The van der Waals surface area contributed by atoms with Gasteiger partial charge in [-0.3, -0.25) is 4.79 Å². The van der Waals surface area contributed by atoms with Crippen LogP contribution in [0.4, 0.5) is 20.6 Å². The first kappa shape index (κ1) is 26.6. The standard InChI is InChI=1S/C27H28FN5O5/c1-15(2)16-7-8-20(22(11-16)33-13-18(38-27(29)36)12-17(33)14-34)32-26(35)21-9-10-30-25(31-21)24-19(28)5-4-6-23(24)37-3/h4-11,17-18,34H,1,12-14H2,2-3H3,(H2,29,36)(H,32,35)/t17-,18-/m0/s1. The van der Waals surface area contributed by atoms with Crippen LogP contribution < -0.4 is 20.7 Å².